The van der Waals surface area contributed by atoms with E-state index in [1.54, 1.807) is 6.07 Å². The SMILES string of the molecule is Oc1cccc(CN2CCCC2CCl)c1. The van der Waals surface area contributed by atoms with E-state index in [0.717, 1.165) is 18.7 Å². The second-order valence-corrected chi connectivity index (χ2v) is 4.40. The third-order valence-electron chi connectivity index (χ3n) is 2.97. The molecule has 1 aromatic carbocycles. The zero-order chi connectivity index (χ0) is 10.7. The molecule has 82 valence electrons. The van der Waals surface area contributed by atoms with E-state index in [9.17, 15) is 5.11 Å². The molecule has 3 heteroatoms. The highest BCUT2D eigenvalue weighted by Crippen LogP contribution is 2.22. The summed E-state index contributed by atoms with van der Waals surface area (Å²) in [6.45, 7) is 2.01. The molecule has 0 spiro atoms. The lowest BCUT2D eigenvalue weighted by atomic mass is 10.2. The van der Waals surface area contributed by atoms with Crippen LogP contribution in [0.15, 0.2) is 24.3 Å². The fraction of sp³-hybridized carbons (Fsp3) is 0.500. The molecular formula is C12H16ClNO. The molecule has 0 radical (unpaired) electrons. The molecule has 1 aliphatic heterocycles. The van der Waals surface area contributed by atoms with Crippen molar-refractivity contribution in [2.24, 2.45) is 0 Å². The van der Waals surface area contributed by atoms with Crippen molar-refractivity contribution >= 4 is 11.6 Å². The second-order valence-electron chi connectivity index (χ2n) is 4.09. The summed E-state index contributed by atoms with van der Waals surface area (Å²) in [5.74, 6) is 1.05. The van der Waals surface area contributed by atoms with Gasteiger partial charge in [-0.3, -0.25) is 4.90 Å². The Bertz CT molecular complexity index is 329. The van der Waals surface area contributed by atoms with Crippen LogP contribution in [0.25, 0.3) is 0 Å². The maximum Gasteiger partial charge on any atom is 0.115 e. The van der Waals surface area contributed by atoms with Gasteiger partial charge in [0, 0.05) is 18.5 Å². The minimum Gasteiger partial charge on any atom is -0.508 e. The third kappa shape index (κ3) is 2.64. The molecule has 1 N–H and O–H groups in total. The molecule has 1 heterocycles. The standard InChI is InChI=1S/C12H16ClNO/c13-8-11-4-2-6-14(11)9-10-3-1-5-12(15)7-10/h1,3,5,7,11,15H,2,4,6,8-9H2. The summed E-state index contributed by atoms with van der Waals surface area (Å²) in [7, 11) is 0. The molecule has 1 atom stereocenters. The first-order valence-electron chi connectivity index (χ1n) is 5.37. The van der Waals surface area contributed by atoms with Crippen molar-refractivity contribution in [3.05, 3.63) is 29.8 Å². The van der Waals surface area contributed by atoms with Crippen molar-refractivity contribution in [3.63, 3.8) is 0 Å². The van der Waals surface area contributed by atoms with Gasteiger partial charge in [-0.1, -0.05) is 12.1 Å². The fourth-order valence-electron chi connectivity index (χ4n) is 2.17. The summed E-state index contributed by atoms with van der Waals surface area (Å²) in [5.41, 5.74) is 1.16. The molecule has 1 saturated heterocycles. The predicted molar refractivity (Wildman–Crippen MR) is 62.3 cm³/mol. The van der Waals surface area contributed by atoms with Crippen molar-refractivity contribution < 1.29 is 5.11 Å². The van der Waals surface area contributed by atoms with Crippen LogP contribution in [0, 0.1) is 0 Å². The van der Waals surface area contributed by atoms with Gasteiger partial charge in [-0.05, 0) is 37.1 Å². The smallest absolute Gasteiger partial charge is 0.115 e. The van der Waals surface area contributed by atoms with E-state index in [1.807, 2.05) is 18.2 Å². The van der Waals surface area contributed by atoms with Crippen LogP contribution in [-0.2, 0) is 6.54 Å². The highest BCUT2D eigenvalue weighted by molar-refractivity contribution is 6.18. The lowest BCUT2D eigenvalue weighted by Gasteiger charge is -2.22. The molecule has 0 saturated carbocycles. The van der Waals surface area contributed by atoms with Crippen LogP contribution in [0.3, 0.4) is 0 Å². The van der Waals surface area contributed by atoms with Crippen LogP contribution in [0.2, 0.25) is 0 Å². The van der Waals surface area contributed by atoms with E-state index in [0.29, 0.717) is 17.7 Å². The molecule has 1 fully saturated rings. The Kier molecular flexibility index (Phi) is 3.49. The molecule has 2 rings (SSSR count). The first-order chi connectivity index (χ1) is 7.29. The zero-order valence-electron chi connectivity index (χ0n) is 8.69. The minimum atomic E-state index is 0.342. The molecule has 2 nitrogen and oxygen atoms in total. The number of alkyl halides is 1. The summed E-state index contributed by atoms with van der Waals surface area (Å²) < 4.78 is 0. The van der Waals surface area contributed by atoms with Gasteiger partial charge in [-0.2, -0.15) is 0 Å². The highest BCUT2D eigenvalue weighted by Gasteiger charge is 2.23. The maximum absolute atomic E-state index is 9.37. The molecule has 0 bridgehead atoms. The molecule has 1 unspecified atom stereocenters. The Morgan fingerprint density at radius 3 is 3.07 bits per heavy atom. The Morgan fingerprint density at radius 1 is 1.47 bits per heavy atom. The minimum absolute atomic E-state index is 0.342. The second kappa shape index (κ2) is 4.86. The Balaban J connectivity index is 2.02. The van der Waals surface area contributed by atoms with Crippen molar-refractivity contribution in [1.82, 2.24) is 4.90 Å². The van der Waals surface area contributed by atoms with Crippen LogP contribution in [-0.4, -0.2) is 28.5 Å². The van der Waals surface area contributed by atoms with Crippen LogP contribution in [0.4, 0.5) is 0 Å². The Labute approximate surface area is 95.5 Å². The molecule has 1 aromatic rings. The number of hydrogen-bond acceptors (Lipinski definition) is 2. The Hall–Kier alpha value is -0.730. The average molecular weight is 226 g/mol. The van der Waals surface area contributed by atoms with Crippen molar-refractivity contribution in [2.45, 2.75) is 25.4 Å². The predicted octanol–water partition coefficient (Wildman–Crippen LogP) is 2.60. The number of likely N-dealkylation sites (tertiary alicyclic amines) is 1. The lowest BCUT2D eigenvalue weighted by Crippen LogP contribution is -2.30. The van der Waals surface area contributed by atoms with Gasteiger partial charge in [0.25, 0.3) is 0 Å². The van der Waals surface area contributed by atoms with Crippen LogP contribution >= 0.6 is 11.6 Å². The van der Waals surface area contributed by atoms with Crippen LogP contribution in [0.5, 0.6) is 5.75 Å². The molecule has 15 heavy (non-hydrogen) atoms. The molecule has 0 aliphatic carbocycles. The van der Waals surface area contributed by atoms with E-state index in [4.69, 9.17) is 11.6 Å². The van der Waals surface area contributed by atoms with E-state index in [2.05, 4.69) is 4.90 Å². The van der Waals surface area contributed by atoms with E-state index >= 15 is 0 Å². The van der Waals surface area contributed by atoms with Gasteiger partial charge < -0.3 is 5.11 Å². The van der Waals surface area contributed by atoms with E-state index in [-0.39, 0.29) is 0 Å². The van der Waals surface area contributed by atoms with E-state index < -0.39 is 0 Å². The Morgan fingerprint density at radius 2 is 2.33 bits per heavy atom. The van der Waals surface area contributed by atoms with Crippen molar-refractivity contribution in [1.29, 1.82) is 0 Å². The molecule has 0 aromatic heterocycles. The molecule has 1 aliphatic rings. The average Bonchev–Trinajstić information content (AvgIpc) is 2.65. The quantitative estimate of drug-likeness (QED) is 0.800. The molecule has 0 amide bonds. The van der Waals surface area contributed by atoms with Gasteiger partial charge in [-0.25, -0.2) is 0 Å². The fourth-order valence-corrected chi connectivity index (χ4v) is 2.52. The largest absolute Gasteiger partial charge is 0.508 e. The number of phenols is 1. The number of aromatic hydroxyl groups is 1. The maximum atomic E-state index is 9.37. The van der Waals surface area contributed by atoms with Gasteiger partial charge >= 0.3 is 0 Å². The summed E-state index contributed by atoms with van der Waals surface area (Å²) >= 11 is 5.91. The lowest BCUT2D eigenvalue weighted by molar-refractivity contribution is 0.262. The van der Waals surface area contributed by atoms with Gasteiger partial charge in [0.1, 0.15) is 5.75 Å². The first-order valence-corrected chi connectivity index (χ1v) is 5.91. The zero-order valence-corrected chi connectivity index (χ0v) is 9.45. The number of halogens is 1. The van der Waals surface area contributed by atoms with Crippen LogP contribution < -0.4 is 0 Å². The third-order valence-corrected chi connectivity index (χ3v) is 3.33. The summed E-state index contributed by atoms with van der Waals surface area (Å²) in [6.07, 6.45) is 2.43. The number of hydrogen-bond donors (Lipinski definition) is 1. The summed E-state index contributed by atoms with van der Waals surface area (Å²) in [5, 5.41) is 9.37. The summed E-state index contributed by atoms with van der Waals surface area (Å²) in [6, 6.07) is 7.96. The van der Waals surface area contributed by atoms with Gasteiger partial charge in [0.05, 0.1) is 0 Å². The highest BCUT2D eigenvalue weighted by atomic mass is 35.5. The van der Waals surface area contributed by atoms with E-state index in [1.165, 1.54) is 12.8 Å². The normalized spacial score (nSPS) is 22.1. The topological polar surface area (TPSA) is 23.5 Å². The first kappa shape index (κ1) is 10.8. The number of rotatable bonds is 3. The van der Waals surface area contributed by atoms with Crippen molar-refractivity contribution in [3.8, 4) is 5.75 Å². The molecular weight excluding hydrogens is 210 g/mol. The van der Waals surface area contributed by atoms with Gasteiger partial charge in [0.2, 0.25) is 0 Å². The monoisotopic (exact) mass is 225 g/mol. The number of benzene rings is 1. The van der Waals surface area contributed by atoms with Crippen molar-refractivity contribution in [2.75, 3.05) is 12.4 Å². The number of phenolic OH excluding ortho intramolecular Hbond substituents is 1. The number of nitrogens with zero attached hydrogens (tertiary/aromatic N) is 1. The van der Waals surface area contributed by atoms with Crippen LogP contribution in [0.1, 0.15) is 18.4 Å². The summed E-state index contributed by atoms with van der Waals surface area (Å²) in [4.78, 5) is 2.39. The van der Waals surface area contributed by atoms with Gasteiger partial charge in [0.15, 0.2) is 0 Å². The van der Waals surface area contributed by atoms with Gasteiger partial charge in [-0.15, -0.1) is 11.6 Å².